The normalized spacial score (nSPS) is 13.4. The molecule has 20 heavy (non-hydrogen) atoms. The molecule has 1 aromatic carbocycles. The van der Waals surface area contributed by atoms with Crippen molar-refractivity contribution in [3.05, 3.63) is 35.2 Å². The van der Waals surface area contributed by atoms with Gasteiger partial charge in [0.15, 0.2) is 7.24 Å². The summed E-state index contributed by atoms with van der Waals surface area (Å²) in [5.74, 6) is 0.270. The van der Waals surface area contributed by atoms with Gasteiger partial charge < -0.3 is 5.11 Å². The summed E-state index contributed by atoms with van der Waals surface area (Å²) >= 11 is 0. The molecule has 0 atom stereocenters. The zero-order valence-electron chi connectivity index (χ0n) is 12.2. The number of aromatic nitrogens is 3. The van der Waals surface area contributed by atoms with Crippen molar-refractivity contribution in [2.45, 2.75) is 32.5 Å². The van der Waals surface area contributed by atoms with Gasteiger partial charge in [-0.15, -0.1) is 0 Å². The van der Waals surface area contributed by atoms with E-state index < -0.39 is 17.3 Å². The van der Waals surface area contributed by atoms with Gasteiger partial charge in [0.05, 0.1) is 11.2 Å². The molecule has 0 aliphatic rings. The van der Waals surface area contributed by atoms with Crippen LogP contribution in [-0.4, -0.2) is 20.3 Å². The summed E-state index contributed by atoms with van der Waals surface area (Å²) in [5.41, 5.74) is -2.12. The standard InChI is InChI=1S/C13H14F3N3O/c1-7-17-11(19-18-7)8-4-9(12(2,3)20)6-10(5-8)13(14,15)16/h4-6,20H,1-3H3,(H,17,18,19)/i/hD. The first-order valence-corrected chi connectivity index (χ1v) is 5.87. The van der Waals surface area contributed by atoms with Crippen molar-refractivity contribution >= 4 is 0 Å². The fraction of sp³-hybridized carbons (Fsp3) is 0.385. The molecule has 4 nitrogen and oxygen atoms in total. The molecule has 0 spiro atoms. The second-order valence-electron chi connectivity index (χ2n) is 5.04. The van der Waals surface area contributed by atoms with Crippen molar-refractivity contribution in [2.75, 3.05) is 0 Å². The molecule has 0 saturated heterocycles. The number of alkyl halides is 3. The lowest BCUT2D eigenvalue weighted by Crippen LogP contribution is -2.17. The lowest BCUT2D eigenvalue weighted by Gasteiger charge is -2.20. The van der Waals surface area contributed by atoms with E-state index in [2.05, 4.69) is 10.1 Å². The fourth-order valence-corrected chi connectivity index (χ4v) is 1.71. The Kier molecular flexibility index (Phi) is 3.01. The van der Waals surface area contributed by atoms with Crippen LogP contribution in [0.2, 0.25) is 1.41 Å². The number of aromatic amines is 1. The average Bonchev–Trinajstić information content (AvgIpc) is 2.67. The molecule has 1 aromatic heterocycles. The average molecular weight is 286 g/mol. The predicted molar refractivity (Wildman–Crippen MR) is 66.8 cm³/mol. The highest BCUT2D eigenvalue weighted by molar-refractivity contribution is 5.58. The van der Waals surface area contributed by atoms with Crippen LogP contribution in [-0.2, 0) is 11.8 Å². The second kappa shape index (κ2) is 4.59. The molecule has 0 radical (unpaired) electrons. The van der Waals surface area contributed by atoms with Gasteiger partial charge in [0, 0.05) is 5.56 Å². The van der Waals surface area contributed by atoms with Gasteiger partial charge in [-0.1, -0.05) is 0 Å². The summed E-state index contributed by atoms with van der Waals surface area (Å²) in [6.45, 7) is 4.32. The summed E-state index contributed by atoms with van der Waals surface area (Å²) in [6.07, 6.45) is -4.55. The third-order valence-corrected chi connectivity index (χ3v) is 2.78. The highest BCUT2D eigenvalue weighted by Crippen LogP contribution is 2.35. The van der Waals surface area contributed by atoms with Crippen molar-refractivity contribution in [1.82, 2.24) is 15.2 Å². The van der Waals surface area contributed by atoms with Crippen LogP contribution < -0.4 is 0 Å². The van der Waals surface area contributed by atoms with Crippen LogP contribution in [0, 0.1) is 6.92 Å². The highest BCUT2D eigenvalue weighted by Gasteiger charge is 2.33. The third-order valence-electron chi connectivity index (χ3n) is 2.78. The molecule has 1 heterocycles. The Morgan fingerprint density at radius 1 is 1.20 bits per heavy atom. The van der Waals surface area contributed by atoms with Crippen molar-refractivity contribution in [3.8, 4) is 11.4 Å². The first kappa shape index (κ1) is 13.1. The van der Waals surface area contributed by atoms with E-state index in [4.69, 9.17) is 1.41 Å². The maximum absolute atomic E-state index is 13.0. The van der Waals surface area contributed by atoms with Crippen molar-refractivity contribution < 1.29 is 19.7 Å². The minimum Gasteiger partial charge on any atom is -0.386 e. The summed E-state index contributed by atoms with van der Waals surface area (Å²) in [5, 5.41) is 14.4. The van der Waals surface area contributed by atoms with E-state index in [0.29, 0.717) is 0 Å². The molecule has 0 fully saturated rings. The first-order chi connectivity index (χ1) is 9.48. The third kappa shape index (κ3) is 2.98. The Labute approximate surface area is 115 Å². The van der Waals surface area contributed by atoms with Crippen molar-refractivity contribution in [1.29, 1.82) is 0 Å². The molecule has 2 N–H and O–H groups in total. The molecule has 2 aromatic rings. The van der Waals surface area contributed by atoms with Crippen LogP contribution >= 0.6 is 0 Å². The smallest absolute Gasteiger partial charge is 0.386 e. The van der Waals surface area contributed by atoms with Crippen LogP contribution in [0.5, 0.6) is 0 Å². The van der Waals surface area contributed by atoms with E-state index in [1.54, 1.807) is 0 Å². The van der Waals surface area contributed by atoms with Gasteiger partial charge in [0.25, 0.3) is 0 Å². The van der Waals surface area contributed by atoms with Gasteiger partial charge in [0.2, 0.25) is 0 Å². The van der Waals surface area contributed by atoms with E-state index in [9.17, 15) is 18.3 Å². The zero-order valence-corrected chi connectivity index (χ0v) is 11.2. The van der Waals surface area contributed by atoms with E-state index in [0.717, 1.165) is 17.2 Å². The lowest BCUT2D eigenvalue weighted by molar-refractivity contribution is -0.137. The largest absolute Gasteiger partial charge is 0.416 e. The number of halogens is 3. The van der Waals surface area contributed by atoms with Gasteiger partial charge >= 0.3 is 6.18 Å². The van der Waals surface area contributed by atoms with Crippen LogP contribution in [0.1, 0.15) is 30.8 Å². The molecular weight excluding hydrogens is 271 g/mol. The molecule has 108 valence electrons. The number of nitrogens with zero attached hydrogens (tertiary/aromatic N) is 2. The first-order valence-electron chi connectivity index (χ1n) is 6.31. The van der Waals surface area contributed by atoms with Gasteiger partial charge in [-0.2, -0.15) is 18.3 Å². The minimum atomic E-state index is -4.55. The minimum absolute atomic E-state index is 0.0131. The van der Waals surface area contributed by atoms with Crippen LogP contribution in [0.4, 0.5) is 13.2 Å². The molecule has 0 saturated carbocycles. The summed E-state index contributed by atoms with van der Waals surface area (Å²) < 4.78 is 46.3. The van der Waals surface area contributed by atoms with Crippen LogP contribution in [0.3, 0.4) is 0 Å². The van der Waals surface area contributed by atoms with Crippen LogP contribution in [0.15, 0.2) is 18.2 Å². The number of nitrogens with one attached hydrogen (secondary N) is 1. The number of H-pyrrole nitrogens is 1. The maximum Gasteiger partial charge on any atom is 0.416 e. The molecule has 0 amide bonds. The lowest BCUT2D eigenvalue weighted by atomic mass is 9.94. The van der Waals surface area contributed by atoms with Crippen LogP contribution in [0.25, 0.3) is 11.4 Å². The molecule has 0 bridgehead atoms. The van der Waals surface area contributed by atoms with E-state index >= 15 is 0 Å². The molecule has 7 heteroatoms. The quantitative estimate of drug-likeness (QED) is 0.892. The summed E-state index contributed by atoms with van der Waals surface area (Å²) in [6, 6.07) is 3.20. The van der Waals surface area contributed by atoms with Crippen molar-refractivity contribution in [3.63, 3.8) is 0 Å². The summed E-state index contributed by atoms with van der Waals surface area (Å²) in [7, 11) is 0. The Hall–Kier alpha value is -1.89. The molecule has 0 aliphatic heterocycles. The topological polar surface area (TPSA) is 61.8 Å². The van der Waals surface area contributed by atoms with Crippen molar-refractivity contribution in [2.24, 2.45) is 0 Å². The van der Waals surface area contributed by atoms with Gasteiger partial charge in [-0.25, -0.2) is 4.98 Å². The second-order valence-corrected chi connectivity index (χ2v) is 5.04. The number of hydrogen-bond acceptors (Lipinski definition) is 3. The fourth-order valence-electron chi connectivity index (χ4n) is 1.71. The number of aliphatic hydroxyl groups is 1. The maximum atomic E-state index is 13.0. The SMILES string of the molecule is [2H]n1nc(-c2cc(C(C)(C)O)cc(C(F)(F)F)c2)nc1C. The molecule has 0 aliphatic carbocycles. The molecule has 0 unspecified atom stereocenters. The monoisotopic (exact) mass is 286 g/mol. The number of benzene rings is 1. The van der Waals surface area contributed by atoms with E-state index in [-0.39, 0.29) is 22.8 Å². The van der Waals surface area contributed by atoms with Gasteiger partial charge in [0.1, 0.15) is 5.82 Å². The van der Waals surface area contributed by atoms with Gasteiger partial charge in [-0.3, -0.25) is 5.09 Å². The number of hydrogen-bond donors (Lipinski definition) is 2. The highest BCUT2D eigenvalue weighted by atomic mass is 19.4. The Morgan fingerprint density at radius 2 is 1.80 bits per heavy atom. The summed E-state index contributed by atoms with van der Waals surface area (Å²) in [4.78, 5) is 3.94. The Morgan fingerprint density at radius 3 is 2.25 bits per heavy atom. The number of aryl methyl sites for hydroxylation is 1. The zero-order chi connectivity index (χ0) is 16.0. The number of rotatable bonds is 2. The van der Waals surface area contributed by atoms with Gasteiger partial charge in [-0.05, 0) is 44.5 Å². The van der Waals surface area contributed by atoms with E-state index in [1.807, 2.05) is 0 Å². The van der Waals surface area contributed by atoms with E-state index in [1.165, 1.54) is 26.8 Å². The Bertz CT molecular complexity index is 623. The Balaban J connectivity index is 2.65. The predicted octanol–water partition coefficient (Wildman–Crippen LogP) is 3.03. The molecular formula is C13H14F3N3O. The molecule has 2 rings (SSSR count).